The van der Waals surface area contributed by atoms with E-state index in [1.807, 2.05) is 6.92 Å². The van der Waals surface area contributed by atoms with Crippen LogP contribution in [-0.2, 0) is 29.2 Å². The number of hydrogen-bond acceptors (Lipinski definition) is 6. The maximum Gasteiger partial charge on any atom is 0.306 e. The van der Waals surface area contributed by atoms with Gasteiger partial charge < -0.3 is 23.7 Å². The number of methoxy groups -OCH3 is 2. The summed E-state index contributed by atoms with van der Waals surface area (Å²) in [5.41, 5.74) is 2.88. The monoisotopic (exact) mass is 488 g/mol. The third-order valence-electron chi connectivity index (χ3n) is 9.90. The van der Waals surface area contributed by atoms with Crippen LogP contribution in [-0.4, -0.2) is 46.5 Å². The molecule has 0 saturated heterocycles. The highest BCUT2D eigenvalue weighted by Crippen LogP contribution is 2.72. The predicted octanol–water partition coefficient (Wildman–Crippen LogP) is 5.96. The molecule has 1 aromatic rings. The lowest BCUT2D eigenvalue weighted by molar-refractivity contribution is -0.156. The van der Waals surface area contributed by atoms with Crippen LogP contribution < -0.4 is 4.74 Å². The zero-order valence-corrected chi connectivity index (χ0v) is 22.5. The molecule has 0 radical (unpaired) electrons. The average molecular weight is 489 g/mol. The van der Waals surface area contributed by atoms with Crippen LogP contribution in [0.4, 0.5) is 0 Å². The van der Waals surface area contributed by atoms with E-state index in [4.69, 9.17) is 23.7 Å². The lowest BCUT2D eigenvalue weighted by Crippen LogP contribution is -2.60. The van der Waals surface area contributed by atoms with Gasteiger partial charge in [0.15, 0.2) is 6.79 Å². The number of benzene rings is 1. The van der Waals surface area contributed by atoms with Crippen LogP contribution in [0, 0.1) is 16.7 Å². The van der Waals surface area contributed by atoms with Gasteiger partial charge in [-0.25, -0.2) is 0 Å². The topological polar surface area (TPSA) is 63.2 Å². The highest BCUT2D eigenvalue weighted by atomic mass is 16.7. The van der Waals surface area contributed by atoms with E-state index in [9.17, 15) is 4.79 Å². The molecule has 0 bridgehead atoms. The molecule has 1 aromatic carbocycles. The summed E-state index contributed by atoms with van der Waals surface area (Å²) >= 11 is 0. The van der Waals surface area contributed by atoms with Crippen molar-refractivity contribution in [2.75, 3.05) is 34.4 Å². The first-order valence-electron chi connectivity index (χ1n) is 13.3. The molecular weight excluding hydrogens is 444 g/mol. The Morgan fingerprint density at radius 1 is 1.06 bits per heavy atom. The lowest BCUT2D eigenvalue weighted by Gasteiger charge is -2.65. The Balaban J connectivity index is 1.78. The Kier molecular flexibility index (Phi) is 7.85. The molecule has 2 saturated carbocycles. The van der Waals surface area contributed by atoms with Gasteiger partial charge in [0.1, 0.15) is 12.5 Å². The van der Waals surface area contributed by atoms with Crippen LogP contribution in [0.15, 0.2) is 18.2 Å². The first-order chi connectivity index (χ1) is 16.8. The van der Waals surface area contributed by atoms with E-state index in [1.54, 1.807) is 14.2 Å². The van der Waals surface area contributed by atoms with Gasteiger partial charge in [0, 0.05) is 19.6 Å². The van der Waals surface area contributed by atoms with Crippen LogP contribution in [0.2, 0.25) is 0 Å². The Labute approximate surface area is 211 Å². The largest absolute Gasteiger partial charge is 0.468 e. The molecule has 6 atom stereocenters. The minimum absolute atomic E-state index is 0.0546. The fourth-order valence-corrected chi connectivity index (χ4v) is 8.42. The van der Waals surface area contributed by atoms with Gasteiger partial charge in [0.2, 0.25) is 0 Å². The quantitative estimate of drug-likeness (QED) is 0.299. The van der Waals surface area contributed by atoms with Gasteiger partial charge >= 0.3 is 5.97 Å². The summed E-state index contributed by atoms with van der Waals surface area (Å²) in [6.07, 6.45) is 7.15. The molecule has 6 nitrogen and oxygen atoms in total. The van der Waals surface area contributed by atoms with Gasteiger partial charge in [-0.1, -0.05) is 26.8 Å². The van der Waals surface area contributed by atoms with Crippen molar-refractivity contribution < 1.29 is 28.5 Å². The molecule has 196 valence electrons. The Bertz CT molecular complexity index is 901. The Morgan fingerprint density at radius 3 is 2.51 bits per heavy atom. The normalized spacial score (nSPS) is 35.7. The third-order valence-corrected chi connectivity index (χ3v) is 9.90. The lowest BCUT2D eigenvalue weighted by atomic mass is 9.39. The van der Waals surface area contributed by atoms with Crippen molar-refractivity contribution in [3.63, 3.8) is 0 Å². The highest BCUT2D eigenvalue weighted by Gasteiger charge is 2.66. The van der Waals surface area contributed by atoms with Crippen LogP contribution >= 0.6 is 0 Å². The number of hydrogen-bond donors (Lipinski definition) is 0. The van der Waals surface area contributed by atoms with Crippen molar-refractivity contribution in [3.05, 3.63) is 29.3 Å². The number of ether oxygens (including phenoxy) is 5. The molecule has 0 aromatic heterocycles. The van der Waals surface area contributed by atoms with Crippen molar-refractivity contribution in [1.82, 2.24) is 0 Å². The Morgan fingerprint density at radius 2 is 1.83 bits per heavy atom. The van der Waals surface area contributed by atoms with Crippen LogP contribution in [0.3, 0.4) is 0 Å². The smallest absolute Gasteiger partial charge is 0.306 e. The molecule has 3 aliphatic rings. The van der Waals surface area contributed by atoms with Crippen molar-refractivity contribution in [3.8, 4) is 5.75 Å². The minimum Gasteiger partial charge on any atom is -0.468 e. The van der Waals surface area contributed by atoms with Gasteiger partial charge in [0.05, 0.1) is 19.1 Å². The molecule has 0 N–H and O–H groups in total. The van der Waals surface area contributed by atoms with Crippen LogP contribution in [0.25, 0.3) is 0 Å². The molecule has 35 heavy (non-hydrogen) atoms. The van der Waals surface area contributed by atoms with E-state index in [2.05, 4.69) is 39.0 Å². The van der Waals surface area contributed by atoms with Gasteiger partial charge in [-0.05, 0) is 91.4 Å². The molecule has 0 aliphatic heterocycles. The van der Waals surface area contributed by atoms with E-state index in [1.165, 1.54) is 11.1 Å². The first kappa shape index (κ1) is 26.4. The molecule has 2 unspecified atom stereocenters. The SMILES string of the molecule is CCOC(=O)CC1C[C@@]2(C)C3CC[C@H](OCOC)[C@@]3(C)CC[C@]2(CC)c2ccc(OCOC)cc21. The first-order valence-corrected chi connectivity index (χ1v) is 13.3. The van der Waals surface area contributed by atoms with Gasteiger partial charge in [0.25, 0.3) is 0 Å². The second-order valence-electron chi connectivity index (χ2n) is 11.3. The molecule has 0 heterocycles. The van der Waals surface area contributed by atoms with E-state index in [0.717, 1.165) is 44.3 Å². The molecular formula is C29H44O6. The average Bonchev–Trinajstić information content (AvgIpc) is 3.18. The zero-order chi connectivity index (χ0) is 25.3. The van der Waals surface area contributed by atoms with Crippen LogP contribution in [0.5, 0.6) is 5.75 Å². The van der Waals surface area contributed by atoms with E-state index in [0.29, 0.717) is 25.7 Å². The van der Waals surface area contributed by atoms with Crippen molar-refractivity contribution >= 4 is 5.97 Å². The molecule has 3 aliphatic carbocycles. The second kappa shape index (κ2) is 10.4. The molecule has 6 heteroatoms. The summed E-state index contributed by atoms with van der Waals surface area (Å²) in [6.45, 7) is 10.1. The van der Waals surface area contributed by atoms with E-state index < -0.39 is 0 Å². The fourth-order valence-electron chi connectivity index (χ4n) is 8.42. The summed E-state index contributed by atoms with van der Waals surface area (Å²) in [6, 6.07) is 6.51. The molecule has 4 rings (SSSR count). The molecule has 0 spiro atoms. The Hall–Kier alpha value is -1.63. The van der Waals surface area contributed by atoms with Crippen molar-refractivity contribution in [2.45, 2.75) is 90.1 Å². The molecule has 2 fully saturated rings. The summed E-state index contributed by atoms with van der Waals surface area (Å²) in [4.78, 5) is 12.7. The predicted molar refractivity (Wildman–Crippen MR) is 134 cm³/mol. The van der Waals surface area contributed by atoms with E-state index in [-0.39, 0.29) is 41.0 Å². The van der Waals surface area contributed by atoms with Crippen molar-refractivity contribution in [1.29, 1.82) is 0 Å². The van der Waals surface area contributed by atoms with Gasteiger partial charge in [-0.3, -0.25) is 4.79 Å². The van der Waals surface area contributed by atoms with Gasteiger partial charge in [-0.15, -0.1) is 0 Å². The number of carbonyl (C=O) groups is 1. The molecule has 0 amide bonds. The maximum absolute atomic E-state index is 12.7. The zero-order valence-electron chi connectivity index (χ0n) is 22.5. The number of esters is 1. The summed E-state index contributed by atoms with van der Waals surface area (Å²) in [5.74, 6) is 1.29. The minimum atomic E-state index is -0.120. The number of carbonyl (C=O) groups excluding carboxylic acids is 1. The fraction of sp³-hybridized carbons (Fsp3) is 0.759. The van der Waals surface area contributed by atoms with Crippen LogP contribution in [0.1, 0.15) is 89.7 Å². The summed E-state index contributed by atoms with van der Waals surface area (Å²) in [7, 11) is 3.32. The maximum atomic E-state index is 12.7. The standard InChI is InChI=1S/C29H44O6/c1-7-29-14-13-27(3)24(11-12-25(27)35-19-32-6)28(29,4)17-20(15-26(30)33-8-2)22-16-21(34-18-31-5)9-10-23(22)29/h9-10,16,20,24-25H,7-8,11-15,17-19H2,1-6H3/t20?,24?,25-,27-,28-,29+/m0/s1. The summed E-state index contributed by atoms with van der Waals surface area (Å²) < 4.78 is 27.9. The summed E-state index contributed by atoms with van der Waals surface area (Å²) in [5, 5.41) is 0. The second-order valence-corrected chi connectivity index (χ2v) is 11.3. The number of fused-ring (bicyclic) bond motifs is 5. The van der Waals surface area contributed by atoms with Crippen molar-refractivity contribution in [2.24, 2.45) is 16.7 Å². The number of rotatable bonds is 10. The third kappa shape index (κ3) is 4.30. The highest BCUT2D eigenvalue weighted by molar-refractivity contribution is 5.71. The van der Waals surface area contributed by atoms with Gasteiger partial charge in [-0.2, -0.15) is 0 Å². The van der Waals surface area contributed by atoms with E-state index >= 15 is 0 Å².